The van der Waals surface area contributed by atoms with Crippen LogP contribution in [0.15, 0.2) is 65.9 Å². The zero-order chi connectivity index (χ0) is 23.5. The topological polar surface area (TPSA) is 92.6 Å². The van der Waals surface area contributed by atoms with Gasteiger partial charge in [0, 0.05) is 43.8 Å². The normalized spacial score (nSPS) is 10.9. The third-order valence-electron chi connectivity index (χ3n) is 4.89. The van der Waals surface area contributed by atoms with E-state index >= 15 is 0 Å². The van der Waals surface area contributed by atoms with Crippen LogP contribution in [0, 0.1) is 6.92 Å². The number of rotatable bonds is 10. The number of nitrogens with one attached hydrogen (secondary N) is 3. The number of aryl methyl sites for hydroxylation is 1. The van der Waals surface area contributed by atoms with E-state index in [1.54, 1.807) is 30.2 Å². The molecule has 0 aliphatic heterocycles. The van der Waals surface area contributed by atoms with Crippen molar-refractivity contribution in [3.63, 3.8) is 0 Å². The number of amides is 1. The average molecular weight is 576 g/mol. The molecule has 34 heavy (non-hydrogen) atoms. The van der Waals surface area contributed by atoms with E-state index in [4.69, 9.17) is 4.74 Å². The highest BCUT2D eigenvalue weighted by atomic mass is 127. The maximum absolute atomic E-state index is 12.2. The van der Waals surface area contributed by atoms with Crippen LogP contribution in [0.3, 0.4) is 0 Å². The lowest BCUT2D eigenvalue weighted by atomic mass is 10.1. The zero-order valence-corrected chi connectivity index (χ0v) is 22.2. The molecule has 0 fully saturated rings. The molecule has 182 valence electrons. The van der Waals surface area contributed by atoms with Crippen LogP contribution in [0.5, 0.6) is 5.75 Å². The first-order chi connectivity index (χ1) is 16.1. The van der Waals surface area contributed by atoms with Crippen molar-refractivity contribution in [1.29, 1.82) is 0 Å². The number of nitrogens with zero attached hydrogens (tertiary/aromatic N) is 3. The fourth-order valence-electron chi connectivity index (χ4n) is 3.24. The number of aliphatic imine (C=N–C) groups is 1. The van der Waals surface area contributed by atoms with E-state index in [0.717, 1.165) is 29.0 Å². The Balaban J connectivity index is 0.00000408. The predicted molar refractivity (Wildman–Crippen MR) is 147 cm³/mol. The average Bonchev–Trinajstić information content (AvgIpc) is 3.31. The molecule has 0 aliphatic rings. The number of halogens is 1. The Labute approximate surface area is 218 Å². The number of carbonyl (C=O) groups excluding carboxylic acids is 1. The molecular formula is C25H33IN6O2. The SMILES string of the molecule is CCCOc1cc(C)ccc1CNC(=NC)NCc1cccc(NC(=O)Cn2cccn2)c1.I. The number of ether oxygens (including phenoxy) is 1. The Hall–Kier alpha value is -3.08. The van der Waals surface area contributed by atoms with Crippen molar-refractivity contribution in [2.75, 3.05) is 19.0 Å². The lowest BCUT2D eigenvalue weighted by Gasteiger charge is -2.15. The molecule has 0 saturated carbocycles. The third-order valence-corrected chi connectivity index (χ3v) is 4.89. The van der Waals surface area contributed by atoms with Gasteiger partial charge in [0.2, 0.25) is 5.91 Å². The first-order valence-corrected chi connectivity index (χ1v) is 11.1. The van der Waals surface area contributed by atoms with Gasteiger partial charge >= 0.3 is 0 Å². The summed E-state index contributed by atoms with van der Waals surface area (Å²) in [4.78, 5) is 16.5. The second kappa shape index (κ2) is 14.2. The summed E-state index contributed by atoms with van der Waals surface area (Å²) in [6, 6.07) is 15.7. The highest BCUT2D eigenvalue weighted by Crippen LogP contribution is 2.20. The minimum Gasteiger partial charge on any atom is -0.493 e. The quantitative estimate of drug-likeness (QED) is 0.192. The van der Waals surface area contributed by atoms with Gasteiger partial charge in [0.05, 0.1) is 6.61 Å². The highest BCUT2D eigenvalue weighted by Gasteiger charge is 2.07. The van der Waals surface area contributed by atoms with E-state index in [1.165, 1.54) is 5.56 Å². The molecule has 0 atom stereocenters. The second-order valence-electron chi connectivity index (χ2n) is 7.69. The molecule has 3 rings (SSSR count). The van der Waals surface area contributed by atoms with Gasteiger partial charge in [0.15, 0.2) is 5.96 Å². The molecule has 0 saturated heterocycles. The summed E-state index contributed by atoms with van der Waals surface area (Å²) in [6.45, 7) is 6.19. The Bertz CT molecular complexity index is 1070. The fourth-order valence-corrected chi connectivity index (χ4v) is 3.24. The van der Waals surface area contributed by atoms with Crippen LogP contribution >= 0.6 is 24.0 Å². The summed E-state index contributed by atoms with van der Waals surface area (Å²) in [7, 11) is 1.74. The van der Waals surface area contributed by atoms with Gasteiger partial charge in [-0.25, -0.2) is 0 Å². The monoisotopic (exact) mass is 576 g/mol. The minimum absolute atomic E-state index is 0. The van der Waals surface area contributed by atoms with Crippen molar-refractivity contribution in [2.45, 2.75) is 39.9 Å². The molecule has 3 N–H and O–H groups in total. The highest BCUT2D eigenvalue weighted by molar-refractivity contribution is 14.0. The predicted octanol–water partition coefficient (Wildman–Crippen LogP) is 4.10. The summed E-state index contributed by atoms with van der Waals surface area (Å²) in [6.07, 6.45) is 4.37. The van der Waals surface area contributed by atoms with E-state index in [9.17, 15) is 4.79 Å². The molecule has 1 amide bonds. The van der Waals surface area contributed by atoms with E-state index in [-0.39, 0.29) is 36.4 Å². The molecule has 1 aromatic heterocycles. The third kappa shape index (κ3) is 8.69. The smallest absolute Gasteiger partial charge is 0.246 e. The summed E-state index contributed by atoms with van der Waals surface area (Å²) in [5.74, 6) is 1.46. The van der Waals surface area contributed by atoms with Crippen molar-refractivity contribution in [3.05, 3.63) is 77.6 Å². The van der Waals surface area contributed by atoms with Crippen LogP contribution in [0.1, 0.15) is 30.0 Å². The summed E-state index contributed by atoms with van der Waals surface area (Å²) in [5, 5.41) is 13.6. The number of benzene rings is 2. The van der Waals surface area contributed by atoms with Gasteiger partial charge < -0.3 is 20.7 Å². The molecule has 0 bridgehead atoms. The van der Waals surface area contributed by atoms with Crippen LogP contribution < -0.4 is 20.7 Å². The molecule has 0 unspecified atom stereocenters. The lowest BCUT2D eigenvalue weighted by molar-refractivity contribution is -0.116. The number of hydrogen-bond donors (Lipinski definition) is 3. The number of carbonyl (C=O) groups is 1. The van der Waals surface area contributed by atoms with Crippen molar-refractivity contribution in [2.24, 2.45) is 4.99 Å². The number of hydrogen-bond acceptors (Lipinski definition) is 4. The first kappa shape index (κ1) is 27.2. The van der Waals surface area contributed by atoms with E-state index in [0.29, 0.717) is 25.7 Å². The van der Waals surface area contributed by atoms with Crippen LogP contribution in [0.4, 0.5) is 5.69 Å². The minimum atomic E-state index is -0.125. The van der Waals surface area contributed by atoms with Crippen molar-refractivity contribution in [3.8, 4) is 5.75 Å². The van der Waals surface area contributed by atoms with Gasteiger partial charge in [0.25, 0.3) is 0 Å². The Kier molecular flexibility index (Phi) is 11.4. The van der Waals surface area contributed by atoms with Crippen LogP contribution in [0.25, 0.3) is 0 Å². The standard InChI is InChI=1S/C25H32N6O2.HI/c1-4-13-33-23-14-19(2)9-10-21(23)17-28-25(26-3)27-16-20-7-5-8-22(15-20)30-24(32)18-31-12-6-11-29-31;/h5-12,14-15H,4,13,16-18H2,1-3H3,(H,30,32)(H2,26,27,28);1H. The van der Waals surface area contributed by atoms with Crippen LogP contribution in [0.2, 0.25) is 0 Å². The summed E-state index contributed by atoms with van der Waals surface area (Å²) < 4.78 is 7.49. The molecule has 8 nitrogen and oxygen atoms in total. The molecule has 0 radical (unpaired) electrons. The zero-order valence-electron chi connectivity index (χ0n) is 19.9. The van der Waals surface area contributed by atoms with Crippen molar-refractivity contribution >= 4 is 41.5 Å². The Morgan fingerprint density at radius 2 is 1.94 bits per heavy atom. The fraction of sp³-hybridized carbons (Fsp3) is 0.320. The van der Waals surface area contributed by atoms with Crippen LogP contribution in [-0.4, -0.2) is 35.3 Å². The van der Waals surface area contributed by atoms with Gasteiger partial charge in [0.1, 0.15) is 12.3 Å². The maximum Gasteiger partial charge on any atom is 0.246 e. The number of aromatic nitrogens is 2. The molecule has 0 spiro atoms. The largest absolute Gasteiger partial charge is 0.493 e. The Morgan fingerprint density at radius 3 is 2.68 bits per heavy atom. The van der Waals surface area contributed by atoms with Gasteiger partial charge in [-0.1, -0.05) is 31.2 Å². The molecule has 1 heterocycles. The van der Waals surface area contributed by atoms with Crippen molar-refractivity contribution < 1.29 is 9.53 Å². The molecule has 3 aromatic rings. The van der Waals surface area contributed by atoms with Crippen LogP contribution in [-0.2, 0) is 24.4 Å². The molecule has 2 aromatic carbocycles. The number of guanidine groups is 1. The van der Waals surface area contributed by atoms with Gasteiger partial charge in [-0.05, 0) is 48.7 Å². The first-order valence-electron chi connectivity index (χ1n) is 11.1. The molecule has 0 aliphatic carbocycles. The second-order valence-corrected chi connectivity index (χ2v) is 7.69. The molecular weight excluding hydrogens is 543 g/mol. The molecule has 9 heteroatoms. The van der Waals surface area contributed by atoms with Gasteiger partial charge in [-0.2, -0.15) is 5.10 Å². The number of anilines is 1. The summed E-state index contributed by atoms with van der Waals surface area (Å²) in [5.41, 5.74) is 4.02. The van der Waals surface area contributed by atoms with E-state index in [1.807, 2.05) is 24.3 Å². The Morgan fingerprint density at radius 1 is 1.12 bits per heavy atom. The van der Waals surface area contributed by atoms with Gasteiger partial charge in [-0.15, -0.1) is 24.0 Å². The van der Waals surface area contributed by atoms with Crippen molar-refractivity contribution in [1.82, 2.24) is 20.4 Å². The summed E-state index contributed by atoms with van der Waals surface area (Å²) >= 11 is 0. The maximum atomic E-state index is 12.2. The van der Waals surface area contributed by atoms with Gasteiger partial charge in [-0.3, -0.25) is 14.5 Å². The van der Waals surface area contributed by atoms with E-state index < -0.39 is 0 Å². The lowest BCUT2D eigenvalue weighted by Crippen LogP contribution is -2.36. The van der Waals surface area contributed by atoms with E-state index in [2.05, 4.69) is 58.1 Å².